The van der Waals surface area contributed by atoms with E-state index >= 15 is 0 Å². The minimum absolute atomic E-state index is 0.248. The van der Waals surface area contributed by atoms with E-state index in [1.54, 1.807) is 0 Å². The Kier molecular flexibility index (Phi) is 8.01. The molecule has 0 unspecified atom stereocenters. The fraction of sp³-hybridized carbons (Fsp3) is 1.00. The van der Waals surface area contributed by atoms with Gasteiger partial charge in [0, 0.05) is 12.8 Å². The fourth-order valence-electron chi connectivity index (χ4n) is 3.59. The molecule has 1 atom stereocenters. The molecular weight excluding hydrogens is 264 g/mol. The van der Waals surface area contributed by atoms with Crippen molar-refractivity contribution in [2.45, 2.75) is 82.5 Å². The summed E-state index contributed by atoms with van der Waals surface area (Å²) in [4.78, 5) is 0. The maximum atomic E-state index is 6.37. The molecular formula is C17H36N2O2+2. The summed E-state index contributed by atoms with van der Waals surface area (Å²) in [5, 5.41) is 2.31. The zero-order valence-electron chi connectivity index (χ0n) is 13.8. The van der Waals surface area contributed by atoms with Crippen LogP contribution in [0.3, 0.4) is 0 Å². The van der Waals surface area contributed by atoms with Gasteiger partial charge in [0.1, 0.15) is 25.7 Å². The lowest BCUT2D eigenvalue weighted by molar-refractivity contribution is -0.675. The molecule has 1 saturated carbocycles. The SMILES string of the molecule is [NH3+]CC[NH2+]C[C@@H]1COC2(CCCCCCCCCCC2)O1. The number of nitrogens with two attached hydrogens (primary N) is 1. The van der Waals surface area contributed by atoms with Crippen LogP contribution in [0.25, 0.3) is 0 Å². The van der Waals surface area contributed by atoms with Crippen LogP contribution in [0.4, 0.5) is 0 Å². The average molecular weight is 300 g/mol. The molecule has 4 heteroatoms. The second-order valence-electron chi connectivity index (χ2n) is 6.81. The summed E-state index contributed by atoms with van der Waals surface area (Å²) in [6.07, 6.45) is 14.7. The van der Waals surface area contributed by atoms with Crippen LogP contribution in [0, 0.1) is 0 Å². The van der Waals surface area contributed by atoms with Crippen LogP contribution in [-0.2, 0) is 9.47 Å². The van der Waals surface area contributed by atoms with Crippen LogP contribution in [0.2, 0.25) is 0 Å². The topological polar surface area (TPSA) is 62.7 Å². The minimum atomic E-state index is -0.248. The zero-order valence-corrected chi connectivity index (χ0v) is 13.8. The standard InChI is InChI=1S/C17H34N2O2/c18-12-13-19-14-16-15-20-17(21-16)10-8-6-4-2-1-3-5-7-9-11-17/h16,19H,1-15,18H2/p+2/t16-/m1/s1. The van der Waals surface area contributed by atoms with Gasteiger partial charge in [-0.15, -0.1) is 0 Å². The first-order valence-corrected chi connectivity index (χ1v) is 9.27. The largest absolute Gasteiger partial charge is 0.353 e. The van der Waals surface area contributed by atoms with Crippen molar-refractivity contribution >= 4 is 0 Å². The number of hydrogen-bond donors (Lipinski definition) is 2. The third kappa shape index (κ3) is 6.23. The second kappa shape index (κ2) is 9.78. The van der Waals surface area contributed by atoms with Gasteiger partial charge in [0.25, 0.3) is 0 Å². The Morgan fingerprint density at radius 2 is 1.48 bits per heavy atom. The lowest BCUT2D eigenvalue weighted by atomic mass is 9.97. The molecule has 0 aromatic rings. The normalized spacial score (nSPS) is 28.1. The van der Waals surface area contributed by atoms with Crippen molar-refractivity contribution in [1.82, 2.24) is 0 Å². The van der Waals surface area contributed by atoms with Crippen LogP contribution in [-0.4, -0.2) is 38.1 Å². The van der Waals surface area contributed by atoms with Gasteiger partial charge in [-0.2, -0.15) is 0 Å². The van der Waals surface area contributed by atoms with Gasteiger partial charge < -0.3 is 20.5 Å². The molecule has 1 spiro atoms. The highest BCUT2D eigenvalue weighted by Gasteiger charge is 2.41. The van der Waals surface area contributed by atoms with Gasteiger partial charge in [0.05, 0.1) is 6.61 Å². The molecule has 0 amide bonds. The van der Waals surface area contributed by atoms with Crippen molar-refractivity contribution in [2.24, 2.45) is 0 Å². The number of quaternary nitrogens is 2. The van der Waals surface area contributed by atoms with Crippen molar-refractivity contribution in [1.29, 1.82) is 0 Å². The third-order valence-electron chi connectivity index (χ3n) is 4.87. The van der Waals surface area contributed by atoms with Crippen molar-refractivity contribution in [2.75, 3.05) is 26.2 Å². The summed E-state index contributed by atoms with van der Waals surface area (Å²) in [6.45, 7) is 3.89. The molecule has 4 nitrogen and oxygen atoms in total. The molecule has 1 heterocycles. The third-order valence-corrected chi connectivity index (χ3v) is 4.87. The molecule has 0 aromatic heterocycles. The Morgan fingerprint density at radius 3 is 2.05 bits per heavy atom. The molecule has 1 saturated heterocycles. The van der Waals surface area contributed by atoms with Gasteiger partial charge in [-0.05, 0) is 12.8 Å². The Bertz CT molecular complexity index is 262. The van der Waals surface area contributed by atoms with Crippen molar-refractivity contribution in [3.8, 4) is 0 Å². The summed E-state index contributed by atoms with van der Waals surface area (Å²) < 4.78 is 12.5. The van der Waals surface area contributed by atoms with E-state index in [4.69, 9.17) is 9.47 Å². The molecule has 0 aromatic carbocycles. The van der Waals surface area contributed by atoms with E-state index in [2.05, 4.69) is 11.1 Å². The van der Waals surface area contributed by atoms with E-state index in [9.17, 15) is 0 Å². The minimum Gasteiger partial charge on any atom is -0.353 e. The first-order chi connectivity index (χ1) is 10.3. The van der Waals surface area contributed by atoms with Crippen molar-refractivity contribution < 1.29 is 20.5 Å². The average Bonchev–Trinajstić information content (AvgIpc) is 2.87. The second-order valence-corrected chi connectivity index (χ2v) is 6.81. The molecule has 2 rings (SSSR count). The highest BCUT2D eigenvalue weighted by atomic mass is 16.7. The zero-order chi connectivity index (χ0) is 14.8. The molecule has 0 radical (unpaired) electrons. The molecule has 21 heavy (non-hydrogen) atoms. The van der Waals surface area contributed by atoms with E-state index in [0.717, 1.165) is 39.1 Å². The molecule has 1 aliphatic carbocycles. The highest BCUT2D eigenvalue weighted by molar-refractivity contribution is 4.79. The first-order valence-electron chi connectivity index (χ1n) is 9.27. The van der Waals surface area contributed by atoms with E-state index < -0.39 is 0 Å². The summed E-state index contributed by atoms with van der Waals surface area (Å²) in [6, 6.07) is 0. The van der Waals surface area contributed by atoms with Gasteiger partial charge in [0.15, 0.2) is 5.79 Å². The van der Waals surface area contributed by atoms with Gasteiger partial charge >= 0.3 is 0 Å². The summed E-state index contributed by atoms with van der Waals surface area (Å²) in [5.74, 6) is -0.248. The van der Waals surface area contributed by atoms with Crippen LogP contribution in [0.5, 0.6) is 0 Å². The van der Waals surface area contributed by atoms with Crippen LogP contribution in [0.1, 0.15) is 70.6 Å². The summed E-state index contributed by atoms with van der Waals surface area (Å²) in [5.41, 5.74) is 3.89. The maximum absolute atomic E-state index is 6.37. The molecule has 2 aliphatic rings. The number of rotatable bonds is 4. The summed E-state index contributed by atoms with van der Waals surface area (Å²) >= 11 is 0. The van der Waals surface area contributed by atoms with E-state index in [1.807, 2.05) is 0 Å². The fourth-order valence-corrected chi connectivity index (χ4v) is 3.59. The Morgan fingerprint density at radius 1 is 0.905 bits per heavy atom. The predicted molar refractivity (Wildman–Crippen MR) is 83.8 cm³/mol. The van der Waals surface area contributed by atoms with E-state index in [-0.39, 0.29) is 11.9 Å². The molecule has 1 aliphatic heterocycles. The van der Waals surface area contributed by atoms with E-state index in [1.165, 1.54) is 57.8 Å². The van der Waals surface area contributed by atoms with Gasteiger partial charge in [-0.1, -0.05) is 44.9 Å². The van der Waals surface area contributed by atoms with Crippen LogP contribution in [0.15, 0.2) is 0 Å². The van der Waals surface area contributed by atoms with Crippen LogP contribution >= 0.6 is 0 Å². The Labute approximate surface area is 130 Å². The lowest BCUT2D eigenvalue weighted by Gasteiger charge is -2.28. The van der Waals surface area contributed by atoms with Crippen molar-refractivity contribution in [3.05, 3.63) is 0 Å². The Hall–Kier alpha value is -0.160. The summed E-state index contributed by atoms with van der Waals surface area (Å²) in [7, 11) is 0. The monoisotopic (exact) mass is 300 g/mol. The number of hydrogen-bond acceptors (Lipinski definition) is 2. The smallest absolute Gasteiger partial charge is 0.169 e. The van der Waals surface area contributed by atoms with Gasteiger partial charge in [0.2, 0.25) is 0 Å². The Balaban J connectivity index is 1.79. The first kappa shape index (κ1) is 17.2. The molecule has 0 bridgehead atoms. The van der Waals surface area contributed by atoms with Crippen LogP contribution < -0.4 is 11.1 Å². The highest BCUT2D eigenvalue weighted by Crippen LogP contribution is 2.34. The molecule has 124 valence electrons. The van der Waals surface area contributed by atoms with Gasteiger partial charge in [-0.3, -0.25) is 0 Å². The maximum Gasteiger partial charge on any atom is 0.169 e. The van der Waals surface area contributed by atoms with Gasteiger partial charge in [-0.25, -0.2) is 0 Å². The lowest BCUT2D eigenvalue weighted by Crippen LogP contribution is -2.89. The number of ether oxygens (including phenoxy) is 2. The van der Waals surface area contributed by atoms with Crippen molar-refractivity contribution in [3.63, 3.8) is 0 Å². The van der Waals surface area contributed by atoms with E-state index in [0.29, 0.717) is 0 Å². The quantitative estimate of drug-likeness (QED) is 0.767. The predicted octanol–water partition coefficient (Wildman–Crippen LogP) is 1.21. The molecule has 5 N–H and O–H groups in total. The molecule has 2 fully saturated rings.